The molecule has 0 fully saturated rings. The van der Waals surface area contributed by atoms with Crippen molar-refractivity contribution in [1.82, 2.24) is 10.2 Å². The van der Waals surface area contributed by atoms with Crippen LogP contribution in [0.5, 0.6) is 5.75 Å². The molecule has 3 aromatic rings. The molecule has 8 nitrogen and oxygen atoms in total. The number of likely N-dealkylation sites (N-methyl/N-ethyl adjacent to an activating group) is 1. The summed E-state index contributed by atoms with van der Waals surface area (Å²) < 4.78 is 34.1. The second-order valence-electron chi connectivity index (χ2n) is 8.47. The minimum Gasteiger partial charge on any atom is -0.494 e. The predicted octanol–water partition coefficient (Wildman–Crippen LogP) is 4.49. The number of hydrogen-bond acceptors (Lipinski definition) is 5. The lowest BCUT2D eigenvalue weighted by Crippen LogP contribution is -2.51. The van der Waals surface area contributed by atoms with Gasteiger partial charge in [-0.15, -0.1) is 0 Å². The fourth-order valence-electron chi connectivity index (χ4n) is 3.82. The number of nitrogens with zero attached hydrogens (tertiary/aromatic N) is 2. The molecule has 2 amide bonds. The Balaban J connectivity index is 2.02. The standard InChI is InChI=1S/C28H32ClN3O5S/c1-4-30-28(34)21(3)31(19-22-9-7-6-8-10-22)27(33)20-32(24-13-15-25(16-14-24)37-5-2)38(35,36)26-17-11-23(29)12-18-26/h6-18,21H,4-5,19-20H2,1-3H3,(H,30,34)/t21-/m1/s1. The molecule has 3 aromatic carbocycles. The highest BCUT2D eigenvalue weighted by molar-refractivity contribution is 7.92. The van der Waals surface area contributed by atoms with Crippen molar-refractivity contribution in [2.45, 2.75) is 38.3 Å². The third-order valence-corrected chi connectivity index (χ3v) is 7.87. The molecule has 0 radical (unpaired) electrons. The first-order chi connectivity index (χ1) is 18.2. The third-order valence-electron chi connectivity index (χ3n) is 5.83. The summed E-state index contributed by atoms with van der Waals surface area (Å²) in [5.74, 6) is -0.286. The van der Waals surface area contributed by atoms with Gasteiger partial charge in [0.2, 0.25) is 11.8 Å². The van der Waals surface area contributed by atoms with E-state index >= 15 is 0 Å². The molecular weight excluding hydrogens is 526 g/mol. The molecule has 202 valence electrons. The Hall–Kier alpha value is -3.56. The van der Waals surface area contributed by atoms with Crippen LogP contribution < -0.4 is 14.4 Å². The lowest BCUT2D eigenvalue weighted by molar-refractivity contribution is -0.139. The summed E-state index contributed by atoms with van der Waals surface area (Å²) >= 11 is 5.98. The van der Waals surface area contributed by atoms with Crippen LogP contribution in [-0.2, 0) is 26.2 Å². The van der Waals surface area contributed by atoms with E-state index in [1.54, 1.807) is 38.1 Å². The molecule has 0 heterocycles. The molecule has 10 heteroatoms. The average molecular weight is 558 g/mol. The van der Waals surface area contributed by atoms with Gasteiger partial charge in [-0.2, -0.15) is 0 Å². The molecule has 0 aliphatic carbocycles. The smallest absolute Gasteiger partial charge is 0.264 e. The van der Waals surface area contributed by atoms with Gasteiger partial charge in [0.25, 0.3) is 10.0 Å². The van der Waals surface area contributed by atoms with Crippen molar-refractivity contribution < 1.29 is 22.7 Å². The Labute approximate surface area is 229 Å². The number of anilines is 1. The van der Waals surface area contributed by atoms with Gasteiger partial charge in [-0.05, 0) is 74.9 Å². The largest absolute Gasteiger partial charge is 0.494 e. The Kier molecular flexibility index (Phi) is 10.2. The van der Waals surface area contributed by atoms with E-state index in [9.17, 15) is 18.0 Å². The van der Waals surface area contributed by atoms with E-state index in [0.717, 1.165) is 9.87 Å². The number of sulfonamides is 1. The quantitative estimate of drug-likeness (QED) is 0.354. The average Bonchev–Trinajstić information content (AvgIpc) is 2.91. The summed E-state index contributed by atoms with van der Waals surface area (Å²) in [6.07, 6.45) is 0. The maximum absolute atomic E-state index is 13.8. The number of amides is 2. The molecule has 1 atom stereocenters. The van der Waals surface area contributed by atoms with Crippen LogP contribution in [0.1, 0.15) is 26.3 Å². The number of benzene rings is 3. The zero-order valence-corrected chi connectivity index (χ0v) is 23.2. The summed E-state index contributed by atoms with van der Waals surface area (Å²) in [7, 11) is -4.17. The van der Waals surface area contributed by atoms with Gasteiger partial charge in [0.1, 0.15) is 18.3 Å². The highest BCUT2D eigenvalue weighted by Gasteiger charge is 2.32. The molecule has 0 spiro atoms. The first-order valence-electron chi connectivity index (χ1n) is 12.3. The molecule has 0 aromatic heterocycles. The van der Waals surface area contributed by atoms with Gasteiger partial charge in [-0.25, -0.2) is 8.42 Å². The third kappa shape index (κ3) is 7.26. The number of rotatable bonds is 12. The Bertz CT molecular complexity index is 1320. The lowest BCUT2D eigenvalue weighted by Gasteiger charge is -2.32. The van der Waals surface area contributed by atoms with Gasteiger partial charge in [0.15, 0.2) is 0 Å². The van der Waals surface area contributed by atoms with E-state index in [4.69, 9.17) is 16.3 Å². The van der Waals surface area contributed by atoms with Crippen molar-refractivity contribution in [3.63, 3.8) is 0 Å². The van der Waals surface area contributed by atoms with Crippen LogP contribution in [0.25, 0.3) is 0 Å². The number of carbonyl (C=O) groups is 2. The minimum atomic E-state index is -4.17. The molecular formula is C28H32ClN3O5S. The minimum absolute atomic E-state index is 0.0185. The topological polar surface area (TPSA) is 96.0 Å². The maximum atomic E-state index is 13.8. The summed E-state index contributed by atoms with van der Waals surface area (Å²) in [6.45, 7) is 5.74. The van der Waals surface area contributed by atoms with Gasteiger partial charge >= 0.3 is 0 Å². The van der Waals surface area contributed by atoms with Crippen molar-refractivity contribution in [3.05, 3.63) is 89.4 Å². The normalized spacial score (nSPS) is 11.9. The Morgan fingerprint density at radius 3 is 2.16 bits per heavy atom. The fourth-order valence-corrected chi connectivity index (χ4v) is 5.36. The number of carbonyl (C=O) groups excluding carboxylic acids is 2. The zero-order chi connectivity index (χ0) is 27.7. The first-order valence-corrected chi connectivity index (χ1v) is 14.1. The Morgan fingerprint density at radius 1 is 0.947 bits per heavy atom. The number of halogens is 1. The number of hydrogen-bond donors (Lipinski definition) is 1. The van der Waals surface area contributed by atoms with Crippen molar-refractivity contribution in [3.8, 4) is 5.75 Å². The van der Waals surface area contributed by atoms with Gasteiger partial charge in [-0.1, -0.05) is 41.9 Å². The van der Waals surface area contributed by atoms with Crippen LogP contribution in [0.15, 0.2) is 83.8 Å². The molecule has 1 N–H and O–H groups in total. The number of ether oxygens (including phenoxy) is 1. The first kappa shape index (κ1) is 29.0. The monoisotopic (exact) mass is 557 g/mol. The van der Waals surface area contributed by atoms with Gasteiger partial charge in [0, 0.05) is 18.1 Å². The molecule has 0 bridgehead atoms. The summed E-state index contributed by atoms with van der Waals surface area (Å²) in [4.78, 5) is 27.9. The maximum Gasteiger partial charge on any atom is 0.264 e. The highest BCUT2D eigenvalue weighted by Crippen LogP contribution is 2.27. The van der Waals surface area contributed by atoms with Crippen LogP contribution in [-0.4, -0.2) is 50.9 Å². The van der Waals surface area contributed by atoms with Gasteiger partial charge in [-0.3, -0.25) is 13.9 Å². The zero-order valence-electron chi connectivity index (χ0n) is 21.6. The van der Waals surface area contributed by atoms with Crippen LogP contribution in [0.2, 0.25) is 5.02 Å². The van der Waals surface area contributed by atoms with E-state index in [-0.39, 0.29) is 23.0 Å². The second kappa shape index (κ2) is 13.3. The summed E-state index contributed by atoms with van der Waals surface area (Å²) in [5.41, 5.74) is 1.09. The number of nitrogens with one attached hydrogen (secondary N) is 1. The highest BCUT2D eigenvalue weighted by atomic mass is 35.5. The van der Waals surface area contributed by atoms with E-state index in [1.165, 1.54) is 29.2 Å². The van der Waals surface area contributed by atoms with Gasteiger partial charge in [0.05, 0.1) is 17.2 Å². The molecule has 3 rings (SSSR count). The van der Waals surface area contributed by atoms with Crippen LogP contribution in [0.4, 0.5) is 5.69 Å². The van der Waals surface area contributed by atoms with E-state index in [1.807, 2.05) is 37.3 Å². The summed E-state index contributed by atoms with van der Waals surface area (Å²) in [6, 6.07) is 20.6. The van der Waals surface area contributed by atoms with Crippen molar-refractivity contribution in [2.24, 2.45) is 0 Å². The van der Waals surface area contributed by atoms with E-state index in [2.05, 4.69) is 5.32 Å². The molecule has 0 unspecified atom stereocenters. The van der Waals surface area contributed by atoms with Crippen LogP contribution in [0.3, 0.4) is 0 Å². The molecule has 0 aliphatic heterocycles. The summed E-state index contributed by atoms with van der Waals surface area (Å²) in [5, 5.41) is 3.13. The molecule has 38 heavy (non-hydrogen) atoms. The molecule has 0 saturated heterocycles. The van der Waals surface area contributed by atoms with Crippen LogP contribution in [0, 0.1) is 0 Å². The Morgan fingerprint density at radius 2 is 1.58 bits per heavy atom. The lowest BCUT2D eigenvalue weighted by atomic mass is 10.1. The van der Waals surface area contributed by atoms with Gasteiger partial charge < -0.3 is 15.0 Å². The molecule has 0 saturated carbocycles. The van der Waals surface area contributed by atoms with E-state index in [0.29, 0.717) is 23.9 Å². The fraction of sp³-hybridized carbons (Fsp3) is 0.286. The van der Waals surface area contributed by atoms with Crippen molar-refractivity contribution in [2.75, 3.05) is 24.0 Å². The van der Waals surface area contributed by atoms with Crippen molar-refractivity contribution >= 4 is 39.1 Å². The van der Waals surface area contributed by atoms with E-state index < -0.39 is 28.5 Å². The molecule has 0 aliphatic rings. The predicted molar refractivity (Wildman–Crippen MR) is 149 cm³/mol. The van der Waals surface area contributed by atoms with Crippen molar-refractivity contribution in [1.29, 1.82) is 0 Å². The SMILES string of the molecule is CCNC(=O)[C@@H](C)N(Cc1ccccc1)C(=O)CN(c1ccc(OCC)cc1)S(=O)(=O)c1ccc(Cl)cc1. The second-order valence-corrected chi connectivity index (χ2v) is 10.8. The van der Waals surface area contributed by atoms with Crippen LogP contribution >= 0.6 is 11.6 Å².